The van der Waals surface area contributed by atoms with Crippen molar-refractivity contribution in [1.29, 1.82) is 0 Å². The van der Waals surface area contributed by atoms with Crippen LogP contribution < -0.4 is 5.32 Å². The zero-order valence-electron chi connectivity index (χ0n) is 10.2. The number of hydrogen-bond acceptors (Lipinski definition) is 3. The van der Waals surface area contributed by atoms with Gasteiger partial charge in [-0.3, -0.25) is 9.78 Å². The number of rotatable bonds is 3. The second-order valence-electron chi connectivity index (χ2n) is 3.98. The molecule has 0 saturated carbocycles. The van der Waals surface area contributed by atoms with Crippen LogP contribution in [0.1, 0.15) is 21.5 Å². The maximum absolute atomic E-state index is 12.0. The SMILES string of the molecule is Cc1ccncc1CNC(=O)c1cc(Br)cnc1Cl. The molecule has 2 aromatic heterocycles. The summed E-state index contributed by atoms with van der Waals surface area (Å²) in [6, 6.07) is 3.54. The molecular weight excluding hydrogens is 330 g/mol. The van der Waals surface area contributed by atoms with Crippen LogP contribution in [0.25, 0.3) is 0 Å². The first kappa shape index (κ1) is 14.0. The summed E-state index contributed by atoms with van der Waals surface area (Å²) in [5, 5.41) is 2.98. The summed E-state index contributed by atoms with van der Waals surface area (Å²) in [6.45, 7) is 2.37. The Morgan fingerprint density at radius 2 is 2.26 bits per heavy atom. The summed E-state index contributed by atoms with van der Waals surface area (Å²) < 4.78 is 0.708. The number of amides is 1. The number of pyridine rings is 2. The molecule has 0 saturated heterocycles. The molecule has 0 aliphatic rings. The summed E-state index contributed by atoms with van der Waals surface area (Å²) in [5.41, 5.74) is 2.39. The maximum atomic E-state index is 12.0. The Bertz CT molecular complexity index is 619. The zero-order valence-corrected chi connectivity index (χ0v) is 12.5. The summed E-state index contributed by atoms with van der Waals surface area (Å²) in [6.07, 6.45) is 5.00. The minimum Gasteiger partial charge on any atom is -0.348 e. The third-order valence-electron chi connectivity index (χ3n) is 2.64. The van der Waals surface area contributed by atoms with Crippen LogP contribution in [0.3, 0.4) is 0 Å². The number of hydrogen-bond donors (Lipinski definition) is 1. The molecule has 4 nitrogen and oxygen atoms in total. The highest BCUT2D eigenvalue weighted by atomic mass is 79.9. The van der Waals surface area contributed by atoms with E-state index in [0.29, 0.717) is 16.6 Å². The molecule has 0 aliphatic heterocycles. The minimum absolute atomic E-state index is 0.184. The van der Waals surface area contributed by atoms with Crippen LogP contribution in [0, 0.1) is 6.92 Å². The highest BCUT2D eigenvalue weighted by Gasteiger charge is 2.12. The minimum atomic E-state index is -0.262. The molecule has 19 heavy (non-hydrogen) atoms. The molecule has 6 heteroatoms. The number of nitrogens with zero attached hydrogens (tertiary/aromatic N) is 2. The molecule has 0 unspecified atom stereocenters. The van der Waals surface area contributed by atoms with Gasteiger partial charge in [-0.25, -0.2) is 4.98 Å². The van der Waals surface area contributed by atoms with E-state index in [4.69, 9.17) is 11.6 Å². The quantitative estimate of drug-likeness (QED) is 0.873. The van der Waals surface area contributed by atoms with Crippen LogP contribution in [-0.4, -0.2) is 15.9 Å². The van der Waals surface area contributed by atoms with Crippen molar-refractivity contribution in [1.82, 2.24) is 15.3 Å². The van der Waals surface area contributed by atoms with E-state index in [-0.39, 0.29) is 11.1 Å². The van der Waals surface area contributed by atoms with E-state index in [2.05, 4.69) is 31.2 Å². The van der Waals surface area contributed by atoms with Gasteiger partial charge in [-0.05, 0) is 46.1 Å². The van der Waals surface area contributed by atoms with Crippen molar-refractivity contribution in [2.45, 2.75) is 13.5 Å². The topological polar surface area (TPSA) is 54.9 Å². The third-order valence-corrected chi connectivity index (χ3v) is 3.37. The van der Waals surface area contributed by atoms with Crippen LogP contribution in [0.5, 0.6) is 0 Å². The van der Waals surface area contributed by atoms with Gasteiger partial charge >= 0.3 is 0 Å². The summed E-state index contributed by atoms with van der Waals surface area (Å²) in [5.74, 6) is -0.262. The van der Waals surface area contributed by atoms with Gasteiger partial charge in [0.05, 0.1) is 5.56 Å². The average Bonchev–Trinajstić information content (AvgIpc) is 2.40. The molecule has 0 radical (unpaired) electrons. The second-order valence-corrected chi connectivity index (χ2v) is 5.25. The number of nitrogens with one attached hydrogen (secondary N) is 1. The van der Waals surface area contributed by atoms with Crippen LogP contribution >= 0.6 is 27.5 Å². The van der Waals surface area contributed by atoms with Gasteiger partial charge < -0.3 is 5.32 Å². The lowest BCUT2D eigenvalue weighted by Crippen LogP contribution is -2.23. The van der Waals surface area contributed by atoms with E-state index >= 15 is 0 Å². The van der Waals surface area contributed by atoms with Gasteiger partial charge in [0, 0.05) is 29.6 Å². The van der Waals surface area contributed by atoms with Gasteiger partial charge in [0.2, 0.25) is 0 Å². The van der Waals surface area contributed by atoms with Gasteiger partial charge in [0.25, 0.3) is 5.91 Å². The predicted molar refractivity (Wildman–Crippen MR) is 77.1 cm³/mol. The predicted octanol–water partition coefficient (Wildman–Crippen LogP) is 3.13. The lowest BCUT2D eigenvalue weighted by Gasteiger charge is -2.08. The lowest BCUT2D eigenvalue weighted by molar-refractivity contribution is 0.0950. The molecular formula is C13H11BrClN3O. The fourth-order valence-electron chi connectivity index (χ4n) is 1.53. The Balaban J connectivity index is 2.10. The zero-order chi connectivity index (χ0) is 13.8. The van der Waals surface area contributed by atoms with Gasteiger partial charge in [0.1, 0.15) is 5.15 Å². The van der Waals surface area contributed by atoms with E-state index in [1.165, 1.54) is 0 Å². The van der Waals surface area contributed by atoms with E-state index in [9.17, 15) is 4.79 Å². The molecule has 0 aliphatic carbocycles. The molecule has 0 aromatic carbocycles. The van der Waals surface area contributed by atoms with Crippen LogP contribution in [0.15, 0.2) is 35.2 Å². The van der Waals surface area contributed by atoms with Crippen molar-refractivity contribution in [2.75, 3.05) is 0 Å². The normalized spacial score (nSPS) is 10.3. The van der Waals surface area contributed by atoms with Crippen molar-refractivity contribution in [3.63, 3.8) is 0 Å². The number of carbonyl (C=O) groups is 1. The molecule has 1 amide bonds. The monoisotopic (exact) mass is 339 g/mol. The average molecular weight is 341 g/mol. The molecule has 0 fully saturated rings. The number of aromatic nitrogens is 2. The highest BCUT2D eigenvalue weighted by molar-refractivity contribution is 9.10. The number of carbonyl (C=O) groups excluding carboxylic acids is 1. The van der Waals surface area contributed by atoms with E-state index in [0.717, 1.165) is 11.1 Å². The lowest BCUT2D eigenvalue weighted by atomic mass is 10.1. The fraction of sp³-hybridized carbons (Fsp3) is 0.154. The van der Waals surface area contributed by atoms with Crippen LogP contribution in [0.4, 0.5) is 0 Å². The second kappa shape index (κ2) is 6.12. The highest BCUT2D eigenvalue weighted by Crippen LogP contribution is 2.18. The molecule has 0 spiro atoms. The molecule has 0 atom stereocenters. The number of halogens is 2. The van der Waals surface area contributed by atoms with Crippen molar-refractivity contribution in [3.8, 4) is 0 Å². The first-order chi connectivity index (χ1) is 9.08. The Hall–Kier alpha value is -1.46. The van der Waals surface area contributed by atoms with Crippen molar-refractivity contribution in [2.24, 2.45) is 0 Å². The smallest absolute Gasteiger partial charge is 0.254 e. The maximum Gasteiger partial charge on any atom is 0.254 e. The van der Waals surface area contributed by atoms with Gasteiger partial charge in [0.15, 0.2) is 0 Å². The van der Waals surface area contributed by atoms with E-state index < -0.39 is 0 Å². The Morgan fingerprint density at radius 3 is 3.00 bits per heavy atom. The molecule has 2 heterocycles. The van der Waals surface area contributed by atoms with Crippen molar-refractivity contribution in [3.05, 3.63) is 57.0 Å². The summed E-state index contributed by atoms with van der Waals surface area (Å²) in [4.78, 5) is 20.0. The Labute approximate surface area is 124 Å². The standard InChI is InChI=1S/C13H11BrClN3O/c1-8-2-3-16-5-9(8)6-18-13(19)11-4-10(14)7-17-12(11)15/h2-5,7H,6H2,1H3,(H,18,19). The summed E-state index contributed by atoms with van der Waals surface area (Å²) in [7, 11) is 0. The fourth-order valence-corrected chi connectivity index (χ4v) is 2.05. The van der Waals surface area contributed by atoms with Gasteiger partial charge in [-0.1, -0.05) is 11.6 Å². The molecule has 2 aromatic rings. The van der Waals surface area contributed by atoms with Crippen molar-refractivity contribution >= 4 is 33.4 Å². The molecule has 1 N–H and O–H groups in total. The summed E-state index contributed by atoms with van der Waals surface area (Å²) >= 11 is 9.16. The molecule has 2 rings (SSSR count). The Morgan fingerprint density at radius 1 is 1.47 bits per heavy atom. The van der Waals surface area contributed by atoms with Gasteiger partial charge in [-0.15, -0.1) is 0 Å². The van der Waals surface area contributed by atoms with E-state index in [1.807, 2.05) is 13.0 Å². The first-order valence-corrected chi connectivity index (χ1v) is 6.74. The molecule has 98 valence electrons. The van der Waals surface area contributed by atoms with Crippen molar-refractivity contribution < 1.29 is 4.79 Å². The molecule has 0 bridgehead atoms. The number of aryl methyl sites for hydroxylation is 1. The first-order valence-electron chi connectivity index (χ1n) is 5.56. The largest absolute Gasteiger partial charge is 0.348 e. The Kier molecular flexibility index (Phi) is 4.50. The van der Waals surface area contributed by atoms with Gasteiger partial charge in [-0.2, -0.15) is 0 Å². The van der Waals surface area contributed by atoms with Crippen LogP contribution in [0.2, 0.25) is 5.15 Å². The van der Waals surface area contributed by atoms with E-state index in [1.54, 1.807) is 24.7 Å². The third kappa shape index (κ3) is 3.52. The van der Waals surface area contributed by atoms with Crippen LogP contribution in [-0.2, 0) is 6.54 Å².